The van der Waals surface area contributed by atoms with E-state index in [4.69, 9.17) is 4.42 Å². The van der Waals surface area contributed by atoms with Crippen LogP contribution in [0.4, 0.5) is 0 Å². The quantitative estimate of drug-likeness (QED) is 0.897. The third kappa shape index (κ3) is 2.01. The first-order chi connectivity index (χ1) is 6.36. The van der Waals surface area contributed by atoms with E-state index in [0.29, 0.717) is 0 Å². The molecule has 2 rings (SSSR count). The minimum atomic E-state index is 0.888. The number of hydrogen-bond donors (Lipinski definition) is 1. The largest absolute Gasteiger partial charge is 0.469 e. The van der Waals surface area contributed by atoms with Crippen LogP contribution in [0, 0.1) is 0 Å². The lowest BCUT2D eigenvalue weighted by Gasteiger charge is -1.95. The highest BCUT2D eigenvalue weighted by atomic mass is 79.9. The fourth-order valence-corrected chi connectivity index (χ4v) is 1.60. The highest BCUT2D eigenvalue weighted by molar-refractivity contribution is 9.10. The van der Waals surface area contributed by atoms with Crippen LogP contribution >= 0.6 is 15.9 Å². The number of nitrogens with one attached hydrogen (secondary N) is 1. The maximum absolute atomic E-state index is 5.22. The summed E-state index contributed by atoms with van der Waals surface area (Å²) in [6, 6.07) is 3.88. The van der Waals surface area contributed by atoms with Crippen molar-refractivity contribution in [3.8, 4) is 0 Å². The lowest BCUT2D eigenvalue weighted by atomic mass is 10.2. The van der Waals surface area contributed by atoms with Gasteiger partial charge < -0.3 is 9.40 Å². The van der Waals surface area contributed by atoms with Crippen molar-refractivity contribution < 1.29 is 4.42 Å². The fraction of sp³-hybridized carbons (Fsp3) is 0.222. The van der Waals surface area contributed by atoms with Crippen molar-refractivity contribution in [2.24, 2.45) is 0 Å². The second-order valence-corrected chi connectivity index (χ2v) is 3.50. The van der Waals surface area contributed by atoms with E-state index >= 15 is 0 Å². The summed E-state index contributed by atoms with van der Waals surface area (Å²) < 4.78 is 6.11. The summed E-state index contributed by atoms with van der Waals surface area (Å²) in [7, 11) is 0. The zero-order chi connectivity index (χ0) is 9.10. The van der Waals surface area contributed by atoms with Gasteiger partial charge in [-0.05, 0) is 34.5 Å². The molecule has 2 heterocycles. The van der Waals surface area contributed by atoms with Crippen LogP contribution in [0.1, 0.15) is 11.5 Å². The first-order valence-corrected chi connectivity index (χ1v) is 4.85. The molecule has 0 aliphatic heterocycles. The number of H-pyrrole nitrogens is 1. The lowest BCUT2D eigenvalue weighted by Crippen LogP contribution is -1.90. The molecule has 13 heavy (non-hydrogen) atoms. The minimum absolute atomic E-state index is 0.888. The first kappa shape index (κ1) is 8.56. The zero-order valence-corrected chi connectivity index (χ0v) is 8.54. The van der Waals surface area contributed by atoms with Gasteiger partial charge in [0.1, 0.15) is 10.4 Å². The minimum Gasteiger partial charge on any atom is -0.469 e. The molecule has 0 aliphatic carbocycles. The van der Waals surface area contributed by atoms with Gasteiger partial charge in [-0.1, -0.05) is 0 Å². The Balaban J connectivity index is 1.97. The van der Waals surface area contributed by atoms with Gasteiger partial charge in [-0.2, -0.15) is 0 Å². The van der Waals surface area contributed by atoms with Gasteiger partial charge in [0.2, 0.25) is 0 Å². The number of nitrogens with zero attached hydrogens (tertiary/aromatic N) is 1. The second-order valence-electron chi connectivity index (χ2n) is 2.75. The van der Waals surface area contributed by atoms with E-state index in [1.807, 2.05) is 12.1 Å². The van der Waals surface area contributed by atoms with Gasteiger partial charge in [-0.25, -0.2) is 4.98 Å². The van der Waals surface area contributed by atoms with Crippen LogP contribution < -0.4 is 0 Å². The van der Waals surface area contributed by atoms with Crippen molar-refractivity contribution in [3.63, 3.8) is 0 Å². The maximum atomic E-state index is 5.22. The molecule has 0 aliphatic rings. The van der Waals surface area contributed by atoms with Crippen LogP contribution in [0.2, 0.25) is 0 Å². The van der Waals surface area contributed by atoms with Crippen molar-refractivity contribution in [1.29, 1.82) is 0 Å². The topological polar surface area (TPSA) is 41.8 Å². The number of halogens is 1. The number of imidazole rings is 1. The molecule has 0 aromatic carbocycles. The molecule has 68 valence electrons. The van der Waals surface area contributed by atoms with Crippen molar-refractivity contribution in [1.82, 2.24) is 9.97 Å². The average molecular weight is 241 g/mol. The summed E-state index contributed by atoms with van der Waals surface area (Å²) in [5.74, 6) is 1.00. The molecule has 0 amide bonds. The summed E-state index contributed by atoms with van der Waals surface area (Å²) in [6.45, 7) is 0. The van der Waals surface area contributed by atoms with Gasteiger partial charge in [-0.3, -0.25) is 0 Å². The normalized spacial score (nSPS) is 10.5. The number of aromatic amines is 1. The standard InChI is InChI=1S/C9H9BrN2O/c10-9-8(11-6-12-9)4-3-7-2-1-5-13-7/h1-2,5-6H,3-4H2,(H,11,12). The molecular weight excluding hydrogens is 232 g/mol. The number of furan rings is 1. The van der Waals surface area contributed by atoms with Gasteiger partial charge in [0.15, 0.2) is 0 Å². The molecule has 0 unspecified atom stereocenters. The molecule has 0 saturated carbocycles. The van der Waals surface area contributed by atoms with E-state index in [2.05, 4.69) is 25.9 Å². The van der Waals surface area contributed by atoms with Crippen LogP contribution in [0.5, 0.6) is 0 Å². The Kier molecular flexibility index (Phi) is 2.49. The average Bonchev–Trinajstić information content (AvgIpc) is 2.72. The molecule has 0 saturated heterocycles. The molecule has 0 bridgehead atoms. The van der Waals surface area contributed by atoms with Gasteiger partial charge in [0, 0.05) is 12.1 Å². The van der Waals surface area contributed by atoms with E-state index < -0.39 is 0 Å². The van der Waals surface area contributed by atoms with Crippen LogP contribution in [0.3, 0.4) is 0 Å². The summed E-state index contributed by atoms with van der Waals surface area (Å²) in [4.78, 5) is 7.12. The second kappa shape index (κ2) is 3.79. The SMILES string of the molecule is Brc1nc[nH]c1CCc1ccco1. The molecule has 0 fully saturated rings. The van der Waals surface area contributed by atoms with E-state index in [-0.39, 0.29) is 0 Å². The molecular formula is C9H9BrN2O. The molecule has 2 aromatic heterocycles. The predicted octanol–water partition coefficient (Wildman–Crippen LogP) is 2.55. The van der Waals surface area contributed by atoms with Gasteiger partial charge in [0.05, 0.1) is 12.6 Å². The lowest BCUT2D eigenvalue weighted by molar-refractivity contribution is 0.507. The molecule has 3 nitrogen and oxygen atoms in total. The number of rotatable bonds is 3. The third-order valence-electron chi connectivity index (χ3n) is 1.87. The summed E-state index contributed by atoms with van der Waals surface area (Å²) in [5, 5.41) is 0. The molecule has 0 radical (unpaired) electrons. The Morgan fingerprint density at radius 1 is 1.46 bits per heavy atom. The Labute approximate surface area is 84.3 Å². The summed E-state index contributed by atoms with van der Waals surface area (Å²) in [5.41, 5.74) is 1.11. The van der Waals surface area contributed by atoms with E-state index in [0.717, 1.165) is 28.9 Å². The van der Waals surface area contributed by atoms with Crippen molar-refractivity contribution in [2.75, 3.05) is 0 Å². The Hall–Kier alpha value is -1.03. The van der Waals surface area contributed by atoms with Crippen molar-refractivity contribution in [3.05, 3.63) is 40.8 Å². The Morgan fingerprint density at radius 3 is 3.00 bits per heavy atom. The fourth-order valence-electron chi connectivity index (χ4n) is 1.18. The van der Waals surface area contributed by atoms with Crippen molar-refractivity contribution in [2.45, 2.75) is 12.8 Å². The van der Waals surface area contributed by atoms with Crippen LogP contribution in [-0.4, -0.2) is 9.97 Å². The highest BCUT2D eigenvalue weighted by Gasteiger charge is 2.03. The predicted molar refractivity (Wildman–Crippen MR) is 52.4 cm³/mol. The molecule has 1 N–H and O–H groups in total. The molecule has 0 atom stereocenters. The monoisotopic (exact) mass is 240 g/mol. The number of aryl methyl sites for hydroxylation is 2. The van der Waals surface area contributed by atoms with E-state index in [1.54, 1.807) is 12.6 Å². The number of aromatic nitrogens is 2. The summed E-state index contributed by atoms with van der Waals surface area (Å²) in [6.07, 6.45) is 5.18. The maximum Gasteiger partial charge on any atom is 0.127 e. The summed E-state index contributed by atoms with van der Waals surface area (Å²) >= 11 is 3.36. The Bertz CT molecular complexity index is 367. The number of hydrogen-bond acceptors (Lipinski definition) is 2. The molecule has 4 heteroatoms. The van der Waals surface area contributed by atoms with Gasteiger partial charge >= 0.3 is 0 Å². The third-order valence-corrected chi connectivity index (χ3v) is 2.55. The molecule has 2 aromatic rings. The van der Waals surface area contributed by atoms with Gasteiger partial charge in [0.25, 0.3) is 0 Å². The highest BCUT2D eigenvalue weighted by Crippen LogP contribution is 2.13. The Morgan fingerprint density at radius 2 is 2.38 bits per heavy atom. The van der Waals surface area contributed by atoms with Crippen LogP contribution in [0.15, 0.2) is 33.7 Å². The van der Waals surface area contributed by atoms with Crippen LogP contribution in [0.25, 0.3) is 0 Å². The van der Waals surface area contributed by atoms with Crippen molar-refractivity contribution >= 4 is 15.9 Å². The smallest absolute Gasteiger partial charge is 0.127 e. The van der Waals surface area contributed by atoms with E-state index in [1.165, 1.54) is 0 Å². The van der Waals surface area contributed by atoms with E-state index in [9.17, 15) is 0 Å². The zero-order valence-electron chi connectivity index (χ0n) is 6.96. The van der Waals surface area contributed by atoms with Crippen LogP contribution in [-0.2, 0) is 12.8 Å². The molecule has 0 spiro atoms. The van der Waals surface area contributed by atoms with Gasteiger partial charge in [-0.15, -0.1) is 0 Å². The first-order valence-electron chi connectivity index (χ1n) is 4.06.